The lowest BCUT2D eigenvalue weighted by molar-refractivity contribution is 0.431. The first-order valence-electron chi connectivity index (χ1n) is 7.20. The van der Waals surface area contributed by atoms with E-state index in [2.05, 4.69) is 25.1 Å². The minimum atomic E-state index is -0.342. The molecule has 1 N–H and O–H groups in total. The molecule has 0 aliphatic heterocycles. The van der Waals surface area contributed by atoms with Crippen molar-refractivity contribution in [2.45, 2.75) is 0 Å². The summed E-state index contributed by atoms with van der Waals surface area (Å²) in [6.07, 6.45) is 4.71. The summed E-state index contributed by atoms with van der Waals surface area (Å²) in [4.78, 5) is 27.6. The molecule has 0 saturated carbocycles. The van der Waals surface area contributed by atoms with Gasteiger partial charge >= 0.3 is 0 Å². The maximum Gasteiger partial charge on any atom is 0.265 e. The van der Waals surface area contributed by atoms with Gasteiger partial charge in [0.05, 0.1) is 0 Å². The Balaban J connectivity index is 1.71. The van der Waals surface area contributed by atoms with Crippen LogP contribution in [0.25, 0.3) is 34.2 Å². The van der Waals surface area contributed by atoms with E-state index in [0.29, 0.717) is 17.2 Å². The summed E-state index contributed by atoms with van der Waals surface area (Å²) in [5.74, 6) is 0.961. The molecule has 0 fully saturated rings. The molecule has 7 nitrogen and oxygen atoms in total. The van der Waals surface area contributed by atoms with Gasteiger partial charge in [0.1, 0.15) is 11.4 Å². The number of aromatic amines is 1. The third-order valence-corrected chi connectivity index (χ3v) is 3.42. The summed E-state index contributed by atoms with van der Waals surface area (Å²) >= 11 is 0. The molecule has 3 aromatic heterocycles. The highest BCUT2D eigenvalue weighted by atomic mass is 16.5. The molecule has 0 aliphatic carbocycles. The van der Waals surface area contributed by atoms with Crippen molar-refractivity contribution in [3.8, 4) is 34.2 Å². The van der Waals surface area contributed by atoms with E-state index in [1.165, 1.54) is 6.20 Å². The molecule has 0 amide bonds. The Bertz CT molecular complexity index is 1030. The molecule has 0 aliphatic rings. The van der Waals surface area contributed by atoms with Crippen molar-refractivity contribution < 1.29 is 4.52 Å². The van der Waals surface area contributed by atoms with Gasteiger partial charge in [-0.2, -0.15) is 4.98 Å². The fraction of sp³-hybridized carbons (Fsp3) is 0. The summed E-state index contributed by atoms with van der Waals surface area (Å²) in [6.45, 7) is 0. The third-order valence-electron chi connectivity index (χ3n) is 3.42. The molecule has 0 unspecified atom stereocenters. The van der Waals surface area contributed by atoms with E-state index < -0.39 is 0 Å². The topological polar surface area (TPSA) is 97.6 Å². The molecule has 0 spiro atoms. The van der Waals surface area contributed by atoms with Gasteiger partial charge in [-0.25, -0.2) is 4.98 Å². The highest BCUT2D eigenvalue weighted by Gasteiger charge is 2.15. The molecule has 7 heteroatoms. The first-order chi connectivity index (χ1) is 11.8. The van der Waals surface area contributed by atoms with E-state index in [4.69, 9.17) is 4.52 Å². The number of nitrogens with one attached hydrogen (secondary N) is 1. The second kappa shape index (κ2) is 5.88. The standard InChI is InChI=1S/C17H11N5O2/c23-16-13(10-19-14(20-16)11-5-2-1-3-6-11)17-21-15(22-24-17)12-7-4-8-18-9-12/h1-10H,(H,19,20,23). The lowest BCUT2D eigenvalue weighted by atomic mass is 10.2. The SMILES string of the molecule is O=c1[nH]c(-c2ccccc2)ncc1-c1nc(-c2cccnc2)no1. The lowest BCUT2D eigenvalue weighted by Gasteiger charge is -2.00. The van der Waals surface area contributed by atoms with Gasteiger partial charge in [-0.15, -0.1) is 0 Å². The van der Waals surface area contributed by atoms with E-state index in [-0.39, 0.29) is 17.0 Å². The van der Waals surface area contributed by atoms with Crippen molar-refractivity contribution in [2.24, 2.45) is 0 Å². The maximum atomic E-state index is 12.3. The second-order valence-electron chi connectivity index (χ2n) is 5.01. The number of pyridine rings is 1. The highest BCUT2D eigenvalue weighted by molar-refractivity contribution is 5.60. The number of benzene rings is 1. The molecule has 0 atom stereocenters. The normalized spacial score (nSPS) is 10.7. The first-order valence-corrected chi connectivity index (χ1v) is 7.20. The highest BCUT2D eigenvalue weighted by Crippen LogP contribution is 2.19. The number of aromatic nitrogens is 5. The summed E-state index contributed by atoms with van der Waals surface area (Å²) in [5.41, 5.74) is 1.41. The fourth-order valence-corrected chi connectivity index (χ4v) is 2.24. The Morgan fingerprint density at radius 3 is 2.54 bits per heavy atom. The summed E-state index contributed by atoms with van der Waals surface area (Å²) in [6, 6.07) is 13.0. The smallest absolute Gasteiger partial charge is 0.265 e. The van der Waals surface area contributed by atoms with Crippen LogP contribution in [-0.4, -0.2) is 25.1 Å². The quantitative estimate of drug-likeness (QED) is 0.623. The zero-order chi connectivity index (χ0) is 16.4. The Hall–Kier alpha value is -3.61. The van der Waals surface area contributed by atoms with Crippen molar-refractivity contribution in [3.63, 3.8) is 0 Å². The van der Waals surface area contributed by atoms with Crippen LogP contribution in [0.15, 0.2) is 70.4 Å². The molecule has 0 saturated heterocycles. The van der Waals surface area contributed by atoms with Gasteiger partial charge in [-0.3, -0.25) is 9.78 Å². The molecular weight excluding hydrogens is 306 g/mol. The van der Waals surface area contributed by atoms with E-state index in [1.807, 2.05) is 36.4 Å². The predicted molar refractivity (Wildman–Crippen MR) is 86.8 cm³/mol. The molecule has 0 bridgehead atoms. The Labute approximate surface area is 136 Å². The van der Waals surface area contributed by atoms with Gasteiger partial charge in [0.2, 0.25) is 5.82 Å². The zero-order valence-electron chi connectivity index (χ0n) is 12.4. The minimum Gasteiger partial charge on any atom is -0.333 e. The van der Waals surface area contributed by atoms with Gasteiger partial charge in [0, 0.05) is 29.7 Å². The van der Waals surface area contributed by atoms with Crippen LogP contribution in [0.3, 0.4) is 0 Å². The van der Waals surface area contributed by atoms with Gasteiger partial charge in [0.15, 0.2) is 0 Å². The van der Waals surface area contributed by atoms with Crippen molar-refractivity contribution in [1.29, 1.82) is 0 Å². The van der Waals surface area contributed by atoms with Crippen LogP contribution in [0.5, 0.6) is 0 Å². The number of nitrogens with zero attached hydrogens (tertiary/aromatic N) is 4. The third kappa shape index (κ3) is 2.58. The lowest BCUT2D eigenvalue weighted by Crippen LogP contribution is -2.11. The molecule has 1 aromatic carbocycles. The molecule has 0 radical (unpaired) electrons. The number of hydrogen-bond donors (Lipinski definition) is 1. The van der Waals surface area contributed by atoms with Crippen molar-refractivity contribution in [2.75, 3.05) is 0 Å². The van der Waals surface area contributed by atoms with Gasteiger partial charge in [-0.05, 0) is 12.1 Å². The molecule has 4 rings (SSSR count). The van der Waals surface area contributed by atoms with Crippen LogP contribution >= 0.6 is 0 Å². The fourth-order valence-electron chi connectivity index (χ4n) is 2.24. The number of rotatable bonds is 3. The van der Waals surface area contributed by atoms with Crippen LogP contribution in [0.2, 0.25) is 0 Å². The Morgan fingerprint density at radius 2 is 1.79 bits per heavy atom. The van der Waals surface area contributed by atoms with Gasteiger partial charge in [0.25, 0.3) is 11.4 Å². The Kier molecular flexibility index (Phi) is 3.43. The zero-order valence-corrected chi connectivity index (χ0v) is 12.4. The molecule has 3 heterocycles. The number of hydrogen-bond acceptors (Lipinski definition) is 6. The summed E-state index contributed by atoms with van der Waals surface area (Å²) < 4.78 is 5.18. The summed E-state index contributed by atoms with van der Waals surface area (Å²) in [5, 5.41) is 3.88. The first kappa shape index (κ1) is 14.0. The van der Waals surface area contributed by atoms with Gasteiger partial charge in [-0.1, -0.05) is 35.5 Å². The molecular formula is C17H11N5O2. The Morgan fingerprint density at radius 1 is 0.958 bits per heavy atom. The van der Waals surface area contributed by atoms with Crippen LogP contribution < -0.4 is 5.56 Å². The largest absolute Gasteiger partial charge is 0.333 e. The van der Waals surface area contributed by atoms with Crippen molar-refractivity contribution in [3.05, 3.63) is 71.4 Å². The average molecular weight is 317 g/mol. The maximum absolute atomic E-state index is 12.3. The summed E-state index contributed by atoms with van der Waals surface area (Å²) in [7, 11) is 0. The van der Waals surface area contributed by atoms with E-state index >= 15 is 0 Å². The van der Waals surface area contributed by atoms with E-state index in [9.17, 15) is 4.79 Å². The van der Waals surface area contributed by atoms with Crippen molar-refractivity contribution >= 4 is 0 Å². The van der Waals surface area contributed by atoms with E-state index in [1.54, 1.807) is 18.5 Å². The average Bonchev–Trinajstić information content (AvgIpc) is 3.13. The molecule has 4 aromatic rings. The van der Waals surface area contributed by atoms with Crippen LogP contribution in [-0.2, 0) is 0 Å². The molecule has 116 valence electrons. The monoisotopic (exact) mass is 317 g/mol. The van der Waals surface area contributed by atoms with Gasteiger partial charge < -0.3 is 9.51 Å². The number of H-pyrrole nitrogens is 1. The van der Waals surface area contributed by atoms with Crippen LogP contribution in [0, 0.1) is 0 Å². The van der Waals surface area contributed by atoms with E-state index in [0.717, 1.165) is 5.56 Å². The predicted octanol–water partition coefficient (Wildman–Crippen LogP) is 2.55. The van der Waals surface area contributed by atoms with Crippen molar-refractivity contribution in [1.82, 2.24) is 25.1 Å². The second-order valence-corrected chi connectivity index (χ2v) is 5.01. The van der Waals surface area contributed by atoms with Crippen LogP contribution in [0.4, 0.5) is 0 Å². The molecule has 24 heavy (non-hydrogen) atoms. The minimum absolute atomic E-state index is 0.113. The van der Waals surface area contributed by atoms with Crippen LogP contribution in [0.1, 0.15) is 0 Å².